The van der Waals surface area contributed by atoms with Crippen molar-refractivity contribution in [3.8, 4) is 0 Å². The Bertz CT molecular complexity index is 487. The van der Waals surface area contributed by atoms with Crippen LogP contribution < -0.4 is 10.6 Å². The molecule has 1 fully saturated rings. The van der Waals surface area contributed by atoms with Crippen LogP contribution in [0.15, 0.2) is 0 Å². The van der Waals surface area contributed by atoms with E-state index in [2.05, 4.69) is 38.1 Å². The second-order valence-electron chi connectivity index (χ2n) is 6.78. The highest BCUT2D eigenvalue weighted by molar-refractivity contribution is 5.74. The summed E-state index contributed by atoms with van der Waals surface area (Å²) in [5, 5.41) is 17.7. The van der Waals surface area contributed by atoms with Crippen LogP contribution in [-0.4, -0.2) is 63.9 Å². The van der Waals surface area contributed by atoms with Gasteiger partial charge in [0.15, 0.2) is 5.82 Å². The molecule has 0 radical (unpaired) electrons. The van der Waals surface area contributed by atoms with E-state index in [0.29, 0.717) is 0 Å². The van der Waals surface area contributed by atoms with E-state index < -0.39 is 0 Å². The van der Waals surface area contributed by atoms with Crippen LogP contribution in [0.2, 0.25) is 0 Å². The minimum Gasteiger partial charge on any atom is -0.338 e. The van der Waals surface area contributed by atoms with E-state index >= 15 is 0 Å². The highest BCUT2D eigenvalue weighted by Crippen LogP contribution is 2.18. The third-order valence-corrected chi connectivity index (χ3v) is 5.02. The van der Waals surface area contributed by atoms with Gasteiger partial charge in [-0.2, -0.15) is 0 Å². The van der Waals surface area contributed by atoms with Crippen molar-refractivity contribution in [2.45, 2.75) is 51.1 Å². The maximum atomic E-state index is 12.0. The lowest BCUT2D eigenvalue weighted by atomic mass is 9.94. The number of aromatic nitrogens is 4. The molecule has 0 spiro atoms. The number of rotatable bonds is 4. The molecule has 1 unspecified atom stereocenters. The molecule has 2 aliphatic heterocycles. The van der Waals surface area contributed by atoms with Gasteiger partial charge in [0.25, 0.3) is 0 Å². The second kappa shape index (κ2) is 7.72. The molecule has 0 aliphatic carbocycles. The average Bonchev–Trinajstić information content (AvgIpc) is 2.91. The fraction of sp³-hybridized carbons (Fsp3) is 0.867. The number of urea groups is 1. The molecule has 1 aromatic rings. The van der Waals surface area contributed by atoms with Gasteiger partial charge in [0.05, 0.1) is 0 Å². The predicted molar refractivity (Wildman–Crippen MR) is 85.9 cm³/mol. The first-order valence-electron chi connectivity index (χ1n) is 8.68. The van der Waals surface area contributed by atoms with Crippen LogP contribution in [0.4, 0.5) is 4.79 Å². The maximum absolute atomic E-state index is 12.0. The van der Waals surface area contributed by atoms with E-state index in [4.69, 9.17) is 0 Å². The van der Waals surface area contributed by atoms with E-state index in [-0.39, 0.29) is 12.1 Å². The zero-order valence-corrected chi connectivity index (χ0v) is 13.9. The molecule has 1 saturated heterocycles. The fourth-order valence-corrected chi connectivity index (χ4v) is 3.42. The zero-order chi connectivity index (χ0) is 16.1. The van der Waals surface area contributed by atoms with Gasteiger partial charge in [0, 0.05) is 25.6 Å². The average molecular weight is 321 g/mol. The molecule has 2 amide bonds. The minimum atomic E-state index is -0.0476. The first-order valence-corrected chi connectivity index (χ1v) is 8.68. The van der Waals surface area contributed by atoms with Crippen molar-refractivity contribution in [3.05, 3.63) is 5.82 Å². The largest absolute Gasteiger partial charge is 0.338 e. The maximum Gasteiger partial charge on any atom is 0.315 e. The van der Waals surface area contributed by atoms with Gasteiger partial charge in [-0.25, -0.2) is 9.48 Å². The Morgan fingerprint density at radius 1 is 1.22 bits per heavy atom. The number of piperidine rings is 1. The summed E-state index contributed by atoms with van der Waals surface area (Å²) in [6, 6.07) is 0.135. The summed E-state index contributed by atoms with van der Waals surface area (Å²) in [4.78, 5) is 14.4. The van der Waals surface area contributed by atoms with Crippen LogP contribution in [0.1, 0.15) is 37.9 Å². The summed E-state index contributed by atoms with van der Waals surface area (Å²) >= 11 is 0. The number of nitrogens with zero attached hydrogens (tertiary/aromatic N) is 5. The molecule has 8 heteroatoms. The molecule has 3 rings (SSSR count). The van der Waals surface area contributed by atoms with Gasteiger partial charge < -0.3 is 15.5 Å². The lowest BCUT2D eigenvalue weighted by Gasteiger charge is -2.29. The van der Waals surface area contributed by atoms with Crippen LogP contribution in [0.3, 0.4) is 0 Å². The summed E-state index contributed by atoms with van der Waals surface area (Å²) in [6.07, 6.45) is 6.15. The molecule has 0 aromatic carbocycles. The second-order valence-corrected chi connectivity index (χ2v) is 6.78. The van der Waals surface area contributed by atoms with E-state index in [0.717, 1.165) is 50.5 Å². The number of amides is 2. The molecule has 0 saturated carbocycles. The fourth-order valence-electron chi connectivity index (χ4n) is 3.42. The first-order chi connectivity index (χ1) is 11.2. The van der Waals surface area contributed by atoms with Gasteiger partial charge in [0.1, 0.15) is 0 Å². The van der Waals surface area contributed by atoms with Gasteiger partial charge >= 0.3 is 6.03 Å². The first kappa shape index (κ1) is 16.2. The number of hydrogen-bond acceptors (Lipinski definition) is 5. The van der Waals surface area contributed by atoms with Gasteiger partial charge in [-0.3, -0.25) is 0 Å². The highest BCUT2D eigenvalue weighted by Gasteiger charge is 2.20. The van der Waals surface area contributed by atoms with Crippen LogP contribution in [0.5, 0.6) is 0 Å². The Morgan fingerprint density at radius 2 is 2.04 bits per heavy atom. The standard InChI is InChI=1S/C15H27N7O/c1-21-9-5-12(6-10-21)4-8-16-15(23)17-13-2-3-14-18-19-20-22(14)11-7-13/h12-13H,2-11H2,1H3,(H2,16,17,23). The molecule has 1 atom stereocenters. The lowest BCUT2D eigenvalue weighted by molar-refractivity contribution is 0.209. The molecule has 1 aromatic heterocycles. The topological polar surface area (TPSA) is 88.0 Å². The number of fused-ring (bicyclic) bond motifs is 1. The van der Waals surface area contributed by atoms with Crippen LogP contribution >= 0.6 is 0 Å². The normalized spacial score (nSPS) is 23.1. The van der Waals surface area contributed by atoms with Crippen molar-refractivity contribution in [2.75, 3.05) is 26.7 Å². The Kier molecular flexibility index (Phi) is 5.43. The number of carbonyl (C=O) groups is 1. The van der Waals surface area contributed by atoms with Gasteiger partial charge in [-0.15, -0.1) is 5.10 Å². The third-order valence-electron chi connectivity index (χ3n) is 5.02. The van der Waals surface area contributed by atoms with Crippen molar-refractivity contribution in [1.29, 1.82) is 0 Å². The number of carbonyl (C=O) groups excluding carboxylic acids is 1. The molecule has 128 valence electrons. The highest BCUT2D eigenvalue weighted by atomic mass is 16.2. The molecule has 2 N–H and O–H groups in total. The number of aryl methyl sites for hydroxylation is 2. The van der Waals surface area contributed by atoms with Gasteiger partial charge in [-0.1, -0.05) is 0 Å². The predicted octanol–water partition coefficient (Wildman–Crippen LogP) is 0.409. The van der Waals surface area contributed by atoms with E-state index in [1.807, 2.05) is 4.68 Å². The molecule has 2 aliphatic rings. The third kappa shape index (κ3) is 4.63. The lowest BCUT2D eigenvalue weighted by Crippen LogP contribution is -2.43. The Morgan fingerprint density at radius 3 is 2.87 bits per heavy atom. The zero-order valence-electron chi connectivity index (χ0n) is 13.9. The molecule has 23 heavy (non-hydrogen) atoms. The van der Waals surface area contributed by atoms with Gasteiger partial charge in [-0.05, 0) is 68.6 Å². The Balaban J connectivity index is 1.33. The van der Waals surface area contributed by atoms with Crippen LogP contribution in [0.25, 0.3) is 0 Å². The smallest absolute Gasteiger partial charge is 0.315 e. The number of hydrogen-bond donors (Lipinski definition) is 2. The van der Waals surface area contributed by atoms with Gasteiger partial charge in [0.2, 0.25) is 0 Å². The van der Waals surface area contributed by atoms with Crippen molar-refractivity contribution >= 4 is 6.03 Å². The van der Waals surface area contributed by atoms with Crippen LogP contribution in [-0.2, 0) is 13.0 Å². The van der Waals surface area contributed by atoms with E-state index in [9.17, 15) is 4.79 Å². The van der Waals surface area contributed by atoms with Crippen molar-refractivity contribution in [2.24, 2.45) is 5.92 Å². The number of nitrogens with one attached hydrogen (secondary N) is 2. The molecule has 0 bridgehead atoms. The molecule has 3 heterocycles. The monoisotopic (exact) mass is 321 g/mol. The Hall–Kier alpha value is -1.70. The number of tetrazole rings is 1. The van der Waals surface area contributed by atoms with Crippen LogP contribution in [0, 0.1) is 5.92 Å². The Labute approximate surface area is 137 Å². The minimum absolute atomic E-state index is 0.0476. The summed E-state index contributed by atoms with van der Waals surface area (Å²) in [5.41, 5.74) is 0. The van der Waals surface area contributed by atoms with Crippen molar-refractivity contribution < 1.29 is 4.79 Å². The number of likely N-dealkylation sites (tertiary alicyclic amines) is 1. The summed E-state index contributed by atoms with van der Waals surface area (Å²) < 4.78 is 1.83. The quantitative estimate of drug-likeness (QED) is 0.838. The van der Waals surface area contributed by atoms with Crippen molar-refractivity contribution in [3.63, 3.8) is 0 Å². The summed E-state index contributed by atoms with van der Waals surface area (Å²) in [6.45, 7) is 3.89. The summed E-state index contributed by atoms with van der Waals surface area (Å²) in [5.74, 6) is 1.66. The SMILES string of the molecule is CN1CCC(CCNC(=O)NC2CCc3nnnn3CC2)CC1. The van der Waals surface area contributed by atoms with Crippen molar-refractivity contribution in [1.82, 2.24) is 35.7 Å². The molecular weight excluding hydrogens is 294 g/mol. The van der Waals surface area contributed by atoms with E-state index in [1.54, 1.807) is 0 Å². The molecular formula is C15H27N7O. The summed E-state index contributed by atoms with van der Waals surface area (Å²) in [7, 11) is 2.17. The van der Waals surface area contributed by atoms with E-state index in [1.165, 1.54) is 25.9 Å². The molecule has 8 nitrogen and oxygen atoms in total.